The summed E-state index contributed by atoms with van der Waals surface area (Å²) < 4.78 is 5.85. The molecule has 0 atom stereocenters. The Morgan fingerprint density at radius 1 is 0.588 bits per heavy atom. The Morgan fingerprint density at radius 2 is 1.09 bits per heavy atom. The fourth-order valence-electron chi connectivity index (χ4n) is 3.85. The van der Waals surface area contributed by atoms with Gasteiger partial charge in [-0.1, -0.05) is 78.9 Å². The second-order valence-electron chi connectivity index (χ2n) is 7.10. The molecule has 0 saturated carbocycles. The smallest absolute Gasteiger partial charge is 1.00 e. The quantitative estimate of drug-likeness (QED) is 0.157. The van der Waals surface area contributed by atoms with Crippen LogP contribution in [-0.2, 0) is 21.7 Å². The summed E-state index contributed by atoms with van der Waals surface area (Å²) in [5.41, 5.74) is 1.83. The zero-order valence-corrected chi connectivity index (χ0v) is 21.5. The van der Waals surface area contributed by atoms with Crippen molar-refractivity contribution in [3.05, 3.63) is 109 Å². The molecule has 0 saturated heterocycles. The molecular formula is C27H18Cl3O3Ti. The van der Waals surface area contributed by atoms with Gasteiger partial charge in [0, 0.05) is 11.1 Å². The Bertz CT molecular complexity index is 1410. The Morgan fingerprint density at radius 3 is 1.71 bits per heavy atom. The molecule has 0 aliphatic heterocycles. The van der Waals surface area contributed by atoms with Crippen LogP contribution in [0.3, 0.4) is 0 Å². The van der Waals surface area contributed by atoms with Crippen molar-refractivity contribution in [1.29, 1.82) is 0 Å². The van der Waals surface area contributed by atoms with E-state index in [1.807, 2.05) is 66.7 Å². The van der Waals surface area contributed by atoms with E-state index in [1.165, 1.54) is 0 Å². The topological polar surface area (TPSA) is 46.5 Å². The predicted molar refractivity (Wildman–Crippen MR) is 120 cm³/mol. The van der Waals surface area contributed by atoms with Gasteiger partial charge >= 0.3 is 27.7 Å². The molecule has 5 aromatic carbocycles. The van der Waals surface area contributed by atoms with Gasteiger partial charge < -0.3 is 47.1 Å². The molecule has 0 fully saturated rings. The third-order valence-corrected chi connectivity index (χ3v) is 5.26. The minimum absolute atomic E-state index is 0. The maximum atomic E-state index is 12.8. The molecule has 0 amide bonds. The minimum atomic E-state index is -0.438. The number of benzene rings is 5. The number of aromatic hydroxyl groups is 1. The zero-order valence-electron chi connectivity index (χ0n) is 17.7. The molecule has 169 valence electrons. The van der Waals surface area contributed by atoms with E-state index in [0.29, 0.717) is 22.4 Å². The first-order chi connectivity index (χ1) is 14.7. The molecule has 0 spiro atoms. The normalized spacial score (nSPS) is 9.65. The van der Waals surface area contributed by atoms with Gasteiger partial charge in [0.25, 0.3) is 0 Å². The average Bonchev–Trinajstić information content (AvgIpc) is 2.80. The summed E-state index contributed by atoms with van der Waals surface area (Å²) in [6, 6.07) is 31.9. The van der Waals surface area contributed by atoms with E-state index < -0.39 is 5.97 Å². The molecular weight excluding hydrogens is 527 g/mol. The van der Waals surface area contributed by atoms with Crippen molar-refractivity contribution in [2.45, 2.75) is 0 Å². The van der Waals surface area contributed by atoms with Crippen molar-refractivity contribution in [2.75, 3.05) is 0 Å². The van der Waals surface area contributed by atoms with Gasteiger partial charge in [-0.3, -0.25) is 0 Å². The summed E-state index contributed by atoms with van der Waals surface area (Å²) in [5, 5.41) is 14.7. The maximum absolute atomic E-state index is 12.8. The van der Waals surface area contributed by atoms with Gasteiger partial charge in [-0.25, -0.2) is 4.79 Å². The molecule has 1 radical (unpaired) electrons. The number of ether oxygens (including phenoxy) is 1. The molecule has 5 aromatic rings. The summed E-state index contributed by atoms with van der Waals surface area (Å²) in [6.45, 7) is 0. The van der Waals surface area contributed by atoms with E-state index in [9.17, 15) is 9.90 Å². The van der Waals surface area contributed by atoms with Crippen molar-refractivity contribution in [3.63, 3.8) is 0 Å². The molecule has 0 aliphatic carbocycles. The number of phenols is 1. The first-order valence-electron chi connectivity index (χ1n) is 9.72. The molecule has 0 aromatic heterocycles. The molecule has 7 heteroatoms. The van der Waals surface area contributed by atoms with Crippen LogP contribution in [0.2, 0.25) is 0 Å². The minimum Gasteiger partial charge on any atom is -1.00 e. The number of halogens is 3. The van der Waals surface area contributed by atoms with Crippen LogP contribution in [-0.4, -0.2) is 11.1 Å². The van der Waals surface area contributed by atoms with E-state index >= 15 is 0 Å². The van der Waals surface area contributed by atoms with Crippen LogP contribution < -0.4 is 42.0 Å². The van der Waals surface area contributed by atoms with Gasteiger partial charge in [0.1, 0.15) is 11.5 Å². The Balaban J connectivity index is 0.00000144. The fraction of sp³-hybridized carbons (Fsp3) is 0. The largest absolute Gasteiger partial charge is 3.00 e. The van der Waals surface area contributed by atoms with Crippen LogP contribution in [0.1, 0.15) is 10.4 Å². The predicted octanol–water partition coefficient (Wildman–Crippen LogP) is -2.41. The van der Waals surface area contributed by atoms with Crippen LogP contribution >= 0.6 is 0 Å². The van der Waals surface area contributed by atoms with Crippen LogP contribution in [0.4, 0.5) is 0 Å². The number of hydrogen-bond acceptors (Lipinski definition) is 3. The second kappa shape index (κ2) is 12.8. The van der Waals surface area contributed by atoms with Crippen LogP contribution in [0, 0.1) is 0 Å². The van der Waals surface area contributed by atoms with Gasteiger partial charge in [-0.2, -0.15) is 0 Å². The molecule has 0 bridgehead atoms. The Kier molecular flexibility index (Phi) is 11.1. The van der Waals surface area contributed by atoms with E-state index in [4.69, 9.17) is 4.74 Å². The van der Waals surface area contributed by atoms with Crippen molar-refractivity contribution < 1.29 is 73.6 Å². The average molecular weight is 545 g/mol. The molecule has 5 rings (SSSR count). The molecule has 0 aliphatic rings. The number of carbonyl (C=O) groups excluding carboxylic acids is 1. The standard InChI is InChI=1S/C27H18O3.3ClH.Ti/c28-23-16-14-18-8-4-6-12-21(18)25(23)26-22-13-7-5-9-19(22)15-17-24(26)30-27(29)20-10-2-1-3-11-20;;;;/h1-17,28H;3*1H;/q;;;;+3/p-3. The van der Waals surface area contributed by atoms with Gasteiger partial charge in [-0.15, -0.1) is 0 Å². The number of fused-ring (bicyclic) bond motifs is 2. The number of hydrogen-bond donors (Lipinski definition) is 1. The summed E-state index contributed by atoms with van der Waals surface area (Å²) in [7, 11) is 0. The van der Waals surface area contributed by atoms with Gasteiger partial charge in [0.2, 0.25) is 0 Å². The van der Waals surface area contributed by atoms with Gasteiger partial charge in [0.15, 0.2) is 0 Å². The first-order valence-corrected chi connectivity index (χ1v) is 9.72. The molecule has 34 heavy (non-hydrogen) atoms. The number of esters is 1. The SMILES string of the molecule is O=C(Oc1ccc2ccccc2c1-c1c(O)ccc2ccccc12)c1ccccc1.[Cl-].[Cl-].[Cl-].[Ti+3]. The Labute approximate surface area is 231 Å². The number of carbonyl (C=O) groups is 1. The van der Waals surface area contributed by atoms with Gasteiger partial charge in [0.05, 0.1) is 5.56 Å². The van der Waals surface area contributed by atoms with E-state index in [2.05, 4.69) is 0 Å². The van der Waals surface area contributed by atoms with E-state index in [-0.39, 0.29) is 64.7 Å². The van der Waals surface area contributed by atoms with E-state index in [1.54, 1.807) is 36.4 Å². The van der Waals surface area contributed by atoms with Crippen LogP contribution in [0.5, 0.6) is 11.5 Å². The molecule has 0 unspecified atom stereocenters. The van der Waals surface area contributed by atoms with Gasteiger partial charge in [-0.05, 0) is 45.8 Å². The first kappa shape index (κ1) is 29.5. The molecule has 0 heterocycles. The fourth-order valence-corrected chi connectivity index (χ4v) is 3.85. The van der Waals surface area contributed by atoms with Crippen LogP contribution in [0.15, 0.2) is 103 Å². The third kappa shape index (κ3) is 5.57. The monoisotopic (exact) mass is 543 g/mol. The summed E-state index contributed by atoms with van der Waals surface area (Å²) in [6.07, 6.45) is 0. The van der Waals surface area contributed by atoms with Crippen molar-refractivity contribution in [1.82, 2.24) is 0 Å². The summed E-state index contributed by atoms with van der Waals surface area (Å²) >= 11 is 0. The van der Waals surface area contributed by atoms with Crippen molar-refractivity contribution >= 4 is 27.5 Å². The number of rotatable bonds is 3. The molecule has 3 nitrogen and oxygen atoms in total. The third-order valence-electron chi connectivity index (χ3n) is 5.26. The number of phenolic OH excluding ortho intramolecular Hbond substituents is 1. The second-order valence-corrected chi connectivity index (χ2v) is 7.10. The zero-order chi connectivity index (χ0) is 20.5. The maximum Gasteiger partial charge on any atom is 3.00 e. The van der Waals surface area contributed by atoms with E-state index in [0.717, 1.165) is 21.5 Å². The van der Waals surface area contributed by atoms with Crippen molar-refractivity contribution in [3.8, 4) is 22.6 Å². The van der Waals surface area contributed by atoms with Crippen LogP contribution in [0.25, 0.3) is 32.7 Å². The summed E-state index contributed by atoms with van der Waals surface area (Å²) in [4.78, 5) is 12.8. The molecule has 1 N–H and O–H groups in total. The Hall–Kier alpha value is -2.53. The van der Waals surface area contributed by atoms with Crippen molar-refractivity contribution in [2.24, 2.45) is 0 Å². The summed E-state index contributed by atoms with van der Waals surface area (Å²) in [5.74, 6) is 0.114.